The highest BCUT2D eigenvalue weighted by Crippen LogP contribution is 2.13. The van der Waals surface area contributed by atoms with E-state index in [1.807, 2.05) is 31.2 Å². The molecule has 0 aliphatic rings. The first-order valence-corrected chi connectivity index (χ1v) is 6.83. The van der Waals surface area contributed by atoms with E-state index in [9.17, 15) is 4.79 Å². The van der Waals surface area contributed by atoms with E-state index in [4.69, 9.17) is 15.2 Å². The Balaban J connectivity index is 1.67. The Morgan fingerprint density at radius 3 is 2.38 bits per heavy atom. The van der Waals surface area contributed by atoms with E-state index >= 15 is 0 Å². The van der Waals surface area contributed by atoms with Crippen LogP contribution in [0.5, 0.6) is 5.75 Å². The first-order valence-electron chi connectivity index (χ1n) is 6.83. The van der Waals surface area contributed by atoms with Crippen LogP contribution in [0.1, 0.15) is 17.5 Å². The lowest BCUT2D eigenvalue weighted by Crippen LogP contribution is -2.10. The van der Waals surface area contributed by atoms with Gasteiger partial charge < -0.3 is 15.2 Å². The molecule has 2 aromatic rings. The highest BCUT2D eigenvalue weighted by Gasteiger charge is 2.04. The van der Waals surface area contributed by atoms with E-state index in [0.29, 0.717) is 18.0 Å². The lowest BCUT2D eigenvalue weighted by Gasteiger charge is -2.07. The second-order valence-corrected chi connectivity index (χ2v) is 4.81. The third-order valence-electron chi connectivity index (χ3n) is 2.98. The molecule has 110 valence electrons. The van der Waals surface area contributed by atoms with Gasteiger partial charge in [-0.3, -0.25) is 4.79 Å². The van der Waals surface area contributed by atoms with Crippen molar-refractivity contribution in [2.24, 2.45) is 0 Å². The molecule has 0 fully saturated rings. The Morgan fingerprint density at radius 2 is 1.71 bits per heavy atom. The van der Waals surface area contributed by atoms with E-state index in [-0.39, 0.29) is 19.0 Å². The normalized spacial score (nSPS) is 10.1. The maximum Gasteiger partial charge on any atom is 0.309 e. The summed E-state index contributed by atoms with van der Waals surface area (Å²) < 4.78 is 10.6. The maximum absolute atomic E-state index is 11.6. The van der Waals surface area contributed by atoms with Crippen LogP contribution in [-0.2, 0) is 16.1 Å². The fraction of sp³-hybridized carbons (Fsp3) is 0.235. The fourth-order valence-corrected chi connectivity index (χ4v) is 1.74. The monoisotopic (exact) mass is 285 g/mol. The summed E-state index contributed by atoms with van der Waals surface area (Å²) >= 11 is 0. The summed E-state index contributed by atoms with van der Waals surface area (Å²) in [5, 5.41) is 0. The second kappa shape index (κ2) is 7.33. The van der Waals surface area contributed by atoms with Crippen molar-refractivity contribution in [2.75, 3.05) is 12.3 Å². The van der Waals surface area contributed by atoms with Crippen molar-refractivity contribution in [3.63, 3.8) is 0 Å². The van der Waals surface area contributed by atoms with Crippen LogP contribution in [0.4, 0.5) is 5.69 Å². The van der Waals surface area contributed by atoms with Crippen molar-refractivity contribution < 1.29 is 14.3 Å². The Hall–Kier alpha value is -2.49. The topological polar surface area (TPSA) is 61.5 Å². The molecule has 0 aromatic heterocycles. The SMILES string of the molecule is Cc1ccc(COC(=O)CCOc2ccc(N)cc2)cc1. The van der Waals surface area contributed by atoms with Crippen LogP contribution in [0.2, 0.25) is 0 Å². The van der Waals surface area contributed by atoms with Gasteiger partial charge in [-0.25, -0.2) is 0 Å². The number of esters is 1. The highest BCUT2D eigenvalue weighted by atomic mass is 16.5. The lowest BCUT2D eigenvalue weighted by atomic mass is 10.2. The number of hydrogen-bond donors (Lipinski definition) is 1. The number of carbonyl (C=O) groups excluding carboxylic acids is 1. The molecule has 0 heterocycles. The predicted molar refractivity (Wildman–Crippen MR) is 81.9 cm³/mol. The van der Waals surface area contributed by atoms with Gasteiger partial charge in [-0.05, 0) is 36.8 Å². The molecule has 2 rings (SSSR count). The van der Waals surface area contributed by atoms with Crippen molar-refractivity contribution in [2.45, 2.75) is 20.0 Å². The quantitative estimate of drug-likeness (QED) is 0.654. The Morgan fingerprint density at radius 1 is 1.05 bits per heavy atom. The largest absolute Gasteiger partial charge is 0.493 e. The van der Waals surface area contributed by atoms with Crippen molar-refractivity contribution in [3.05, 3.63) is 59.7 Å². The number of aryl methyl sites for hydroxylation is 1. The smallest absolute Gasteiger partial charge is 0.309 e. The van der Waals surface area contributed by atoms with E-state index in [1.165, 1.54) is 5.56 Å². The minimum absolute atomic E-state index is 0.218. The van der Waals surface area contributed by atoms with Gasteiger partial charge in [-0.1, -0.05) is 29.8 Å². The molecular weight excluding hydrogens is 266 g/mol. The van der Waals surface area contributed by atoms with Crippen LogP contribution >= 0.6 is 0 Å². The Kier molecular flexibility index (Phi) is 5.21. The van der Waals surface area contributed by atoms with Gasteiger partial charge in [0.25, 0.3) is 0 Å². The number of nitrogen functional groups attached to an aromatic ring is 1. The average molecular weight is 285 g/mol. The van der Waals surface area contributed by atoms with Gasteiger partial charge in [0.05, 0.1) is 13.0 Å². The zero-order chi connectivity index (χ0) is 15.1. The first-order chi connectivity index (χ1) is 10.1. The number of carbonyl (C=O) groups is 1. The van der Waals surface area contributed by atoms with E-state index < -0.39 is 0 Å². The molecule has 0 aliphatic carbocycles. The van der Waals surface area contributed by atoms with Gasteiger partial charge in [0, 0.05) is 5.69 Å². The number of rotatable bonds is 6. The summed E-state index contributed by atoms with van der Waals surface area (Å²) in [4.78, 5) is 11.6. The van der Waals surface area contributed by atoms with Gasteiger partial charge in [0.1, 0.15) is 12.4 Å². The predicted octanol–water partition coefficient (Wildman–Crippen LogP) is 3.09. The Labute approximate surface area is 124 Å². The molecule has 0 amide bonds. The molecular formula is C17H19NO3. The molecule has 0 bridgehead atoms. The maximum atomic E-state index is 11.6. The van der Waals surface area contributed by atoms with Gasteiger partial charge in [-0.15, -0.1) is 0 Å². The summed E-state index contributed by atoms with van der Waals surface area (Å²) in [6.45, 7) is 2.60. The fourth-order valence-electron chi connectivity index (χ4n) is 1.74. The van der Waals surface area contributed by atoms with Crippen molar-refractivity contribution >= 4 is 11.7 Å². The van der Waals surface area contributed by atoms with Gasteiger partial charge in [0.15, 0.2) is 0 Å². The molecule has 21 heavy (non-hydrogen) atoms. The third kappa shape index (κ3) is 5.18. The minimum atomic E-state index is -0.272. The van der Waals surface area contributed by atoms with Crippen molar-refractivity contribution in [3.8, 4) is 5.75 Å². The molecule has 0 atom stereocenters. The summed E-state index contributed by atoms with van der Waals surface area (Å²) in [6, 6.07) is 14.9. The van der Waals surface area contributed by atoms with Crippen LogP contribution in [0.25, 0.3) is 0 Å². The number of anilines is 1. The van der Waals surface area contributed by atoms with Gasteiger partial charge >= 0.3 is 5.97 Å². The number of hydrogen-bond acceptors (Lipinski definition) is 4. The van der Waals surface area contributed by atoms with Crippen molar-refractivity contribution in [1.29, 1.82) is 0 Å². The van der Waals surface area contributed by atoms with Crippen LogP contribution in [-0.4, -0.2) is 12.6 Å². The number of ether oxygens (including phenoxy) is 2. The van der Waals surface area contributed by atoms with E-state index in [2.05, 4.69) is 0 Å². The van der Waals surface area contributed by atoms with Gasteiger partial charge in [0.2, 0.25) is 0 Å². The summed E-state index contributed by atoms with van der Waals surface area (Å²) in [5.41, 5.74) is 8.42. The average Bonchev–Trinajstić information content (AvgIpc) is 2.49. The third-order valence-corrected chi connectivity index (χ3v) is 2.98. The molecule has 4 heteroatoms. The Bertz CT molecular complexity index is 576. The second-order valence-electron chi connectivity index (χ2n) is 4.81. The number of nitrogens with two attached hydrogens (primary N) is 1. The minimum Gasteiger partial charge on any atom is -0.493 e. The zero-order valence-corrected chi connectivity index (χ0v) is 12.0. The van der Waals surface area contributed by atoms with Crippen LogP contribution < -0.4 is 10.5 Å². The molecule has 0 radical (unpaired) electrons. The van der Waals surface area contributed by atoms with E-state index in [1.54, 1.807) is 24.3 Å². The summed E-state index contributed by atoms with van der Waals surface area (Å²) in [6.07, 6.45) is 0.218. The van der Waals surface area contributed by atoms with Crippen LogP contribution in [0.3, 0.4) is 0 Å². The summed E-state index contributed by atoms with van der Waals surface area (Å²) in [7, 11) is 0. The molecule has 2 aromatic carbocycles. The molecule has 0 saturated carbocycles. The first kappa shape index (κ1) is 14.9. The molecule has 4 nitrogen and oxygen atoms in total. The molecule has 0 aliphatic heterocycles. The van der Waals surface area contributed by atoms with Gasteiger partial charge in [-0.2, -0.15) is 0 Å². The lowest BCUT2D eigenvalue weighted by molar-refractivity contribution is -0.145. The standard InChI is InChI=1S/C17H19NO3/c1-13-2-4-14(5-3-13)12-21-17(19)10-11-20-16-8-6-15(18)7-9-16/h2-9H,10-12,18H2,1H3. The summed E-state index contributed by atoms with van der Waals surface area (Å²) in [5.74, 6) is 0.418. The number of benzene rings is 2. The molecule has 0 spiro atoms. The van der Waals surface area contributed by atoms with Crippen molar-refractivity contribution in [1.82, 2.24) is 0 Å². The van der Waals surface area contributed by atoms with E-state index in [0.717, 1.165) is 5.56 Å². The highest BCUT2D eigenvalue weighted by molar-refractivity contribution is 5.69. The van der Waals surface area contributed by atoms with Crippen LogP contribution in [0, 0.1) is 6.92 Å². The zero-order valence-electron chi connectivity index (χ0n) is 12.0. The van der Waals surface area contributed by atoms with Crippen LogP contribution in [0.15, 0.2) is 48.5 Å². The molecule has 2 N–H and O–H groups in total. The molecule has 0 saturated heterocycles. The molecule has 0 unspecified atom stereocenters.